The van der Waals surface area contributed by atoms with Gasteiger partial charge >= 0.3 is 0 Å². The summed E-state index contributed by atoms with van der Waals surface area (Å²) >= 11 is 2.38. The molecule has 0 amide bonds. The molecule has 1 aliphatic rings. The second-order valence-electron chi connectivity index (χ2n) is 3.73. The number of rotatable bonds is 1. The largest absolute Gasteiger partial charge is 0.294 e. The third-order valence-corrected chi connectivity index (χ3v) is 4.79. The molecule has 3 nitrogen and oxygen atoms in total. The normalized spacial score (nSPS) is 13.5. The number of fused-ring (bicyclic) bond motifs is 2. The molecule has 0 saturated carbocycles. The fourth-order valence-electron chi connectivity index (χ4n) is 1.81. The fourth-order valence-corrected chi connectivity index (χ4v) is 3.71. The van der Waals surface area contributed by atoms with Gasteiger partial charge in [0.1, 0.15) is 0 Å². The summed E-state index contributed by atoms with van der Waals surface area (Å²) in [5.41, 5.74) is 0.830. The molecule has 0 saturated heterocycles. The van der Waals surface area contributed by atoms with Crippen LogP contribution in [0.3, 0.4) is 0 Å². The van der Waals surface area contributed by atoms with E-state index in [1.165, 1.54) is 24.3 Å². The number of hydrogen-bond donors (Lipinski definition) is 0. The Balaban J connectivity index is 2.27. The van der Waals surface area contributed by atoms with Crippen molar-refractivity contribution in [1.82, 2.24) is 0 Å². The van der Waals surface area contributed by atoms with E-state index in [1.807, 2.05) is 0 Å². The molecule has 2 aromatic heterocycles. The molecule has 0 N–H and O–H groups in total. The summed E-state index contributed by atoms with van der Waals surface area (Å²) in [5, 5.41) is 1.74. The maximum Gasteiger partial charge on any atom is 0.214 e. The summed E-state index contributed by atoms with van der Waals surface area (Å²) in [5.74, 6) is -0.407. The van der Waals surface area contributed by atoms with Gasteiger partial charge in [-0.1, -0.05) is 0 Å². The van der Waals surface area contributed by atoms with Crippen molar-refractivity contribution in [3.63, 3.8) is 0 Å². The van der Waals surface area contributed by atoms with E-state index in [-0.39, 0.29) is 17.3 Å². The van der Waals surface area contributed by atoms with Crippen molar-refractivity contribution in [3.05, 3.63) is 43.3 Å². The number of ketones is 3. The summed E-state index contributed by atoms with van der Waals surface area (Å²) in [6.45, 7) is 1.43. The number of thiophene rings is 2. The van der Waals surface area contributed by atoms with E-state index in [2.05, 4.69) is 0 Å². The molecule has 17 heavy (non-hydrogen) atoms. The van der Waals surface area contributed by atoms with Crippen LogP contribution in [0.25, 0.3) is 0 Å². The predicted molar refractivity (Wildman–Crippen MR) is 65.5 cm³/mol. The Morgan fingerprint density at radius 2 is 1.88 bits per heavy atom. The topological polar surface area (TPSA) is 51.2 Å². The van der Waals surface area contributed by atoms with E-state index in [0.29, 0.717) is 25.8 Å². The maximum atomic E-state index is 12.1. The SMILES string of the molecule is CC(=O)c1cc2c(s1)C(=O)c1sccc1C2=O. The molecule has 3 rings (SSSR count). The minimum Gasteiger partial charge on any atom is -0.294 e. The second kappa shape index (κ2) is 3.45. The van der Waals surface area contributed by atoms with Crippen molar-refractivity contribution in [2.24, 2.45) is 0 Å². The van der Waals surface area contributed by atoms with Gasteiger partial charge in [0.15, 0.2) is 11.6 Å². The minimum absolute atomic E-state index is 0.117. The van der Waals surface area contributed by atoms with Gasteiger partial charge in [-0.2, -0.15) is 0 Å². The molecule has 0 bridgehead atoms. The van der Waals surface area contributed by atoms with Crippen LogP contribution in [0.2, 0.25) is 0 Å². The molecule has 0 atom stereocenters. The molecule has 2 aromatic rings. The zero-order chi connectivity index (χ0) is 12.2. The fraction of sp³-hybridized carbons (Fsp3) is 0.0833. The Kier molecular flexibility index (Phi) is 2.14. The Morgan fingerprint density at radius 3 is 2.59 bits per heavy atom. The first kappa shape index (κ1) is 10.6. The standard InChI is InChI=1S/C12H6O3S2/c1-5(13)8-4-7-9(14)6-2-3-16-11(6)10(15)12(7)17-8/h2-4H,1H3. The molecule has 0 unspecified atom stereocenters. The second-order valence-corrected chi connectivity index (χ2v) is 5.70. The van der Waals surface area contributed by atoms with Crippen molar-refractivity contribution < 1.29 is 14.4 Å². The van der Waals surface area contributed by atoms with E-state index in [4.69, 9.17) is 0 Å². The van der Waals surface area contributed by atoms with Crippen LogP contribution >= 0.6 is 22.7 Å². The smallest absolute Gasteiger partial charge is 0.214 e. The quantitative estimate of drug-likeness (QED) is 0.634. The van der Waals surface area contributed by atoms with Crippen LogP contribution < -0.4 is 0 Å². The molecule has 84 valence electrons. The first-order valence-corrected chi connectivity index (χ1v) is 6.61. The van der Waals surface area contributed by atoms with E-state index in [1.54, 1.807) is 11.4 Å². The summed E-state index contributed by atoms with van der Waals surface area (Å²) in [6, 6.07) is 3.19. The molecule has 0 spiro atoms. The average Bonchev–Trinajstić information content (AvgIpc) is 2.92. The third-order valence-electron chi connectivity index (χ3n) is 2.65. The number of carbonyl (C=O) groups excluding carboxylic acids is 3. The predicted octanol–water partition coefficient (Wildman–Crippen LogP) is 2.79. The first-order valence-electron chi connectivity index (χ1n) is 4.91. The highest BCUT2D eigenvalue weighted by Crippen LogP contribution is 2.35. The number of carbonyl (C=O) groups is 3. The van der Waals surface area contributed by atoms with Crippen molar-refractivity contribution in [1.29, 1.82) is 0 Å². The van der Waals surface area contributed by atoms with Crippen molar-refractivity contribution in [3.8, 4) is 0 Å². The Hall–Kier alpha value is -1.59. The Labute approximate surface area is 105 Å². The van der Waals surface area contributed by atoms with Gasteiger partial charge in [-0.15, -0.1) is 22.7 Å². The molecule has 0 radical (unpaired) electrons. The van der Waals surface area contributed by atoms with Gasteiger partial charge in [0.25, 0.3) is 0 Å². The molecule has 0 fully saturated rings. The zero-order valence-electron chi connectivity index (χ0n) is 8.77. The van der Waals surface area contributed by atoms with Gasteiger partial charge in [-0.3, -0.25) is 14.4 Å². The van der Waals surface area contributed by atoms with E-state index in [0.717, 1.165) is 11.3 Å². The van der Waals surface area contributed by atoms with Gasteiger partial charge in [0, 0.05) is 11.1 Å². The summed E-state index contributed by atoms with van der Waals surface area (Å²) in [4.78, 5) is 36.8. The highest BCUT2D eigenvalue weighted by Gasteiger charge is 2.33. The monoisotopic (exact) mass is 262 g/mol. The van der Waals surface area contributed by atoms with Crippen LogP contribution in [0.5, 0.6) is 0 Å². The van der Waals surface area contributed by atoms with E-state index in [9.17, 15) is 14.4 Å². The van der Waals surface area contributed by atoms with Crippen LogP contribution in [0, 0.1) is 0 Å². The molecule has 0 aromatic carbocycles. The van der Waals surface area contributed by atoms with Gasteiger partial charge < -0.3 is 0 Å². The summed E-state index contributed by atoms with van der Waals surface area (Å²) in [6.07, 6.45) is 0. The number of hydrogen-bond acceptors (Lipinski definition) is 5. The Bertz CT molecular complexity index is 628. The average molecular weight is 262 g/mol. The van der Waals surface area contributed by atoms with Crippen LogP contribution in [0.4, 0.5) is 0 Å². The van der Waals surface area contributed by atoms with Gasteiger partial charge in [-0.05, 0) is 24.4 Å². The lowest BCUT2D eigenvalue weighted by molar-refractivity contribution is 0.0985. The van der Waals surface area contributed by atoms with Gasteiger partial charge in [0.05, 0.1) is 14.6 Å². The molecule has 2 heterocycles. The molecule has 0 aliphatic heterocycles. The van der Waals surface area contributed by atoms with Crippen molar-refractivity contribution in [2.75, 3.05) is 0 Å². The van der Waals surface area contributed by atoms with Crippen molar-refractivity contribution in [2.45, 2.75) is 6.92 Å². The zero-order valence-corrected chi connectivity index (χ0v) is 10.4. The maximum absolute atomic E-state index is 12.1. The molecular formula is C12H6O3S2. The van der Waals surface area contributed by atoms with Crippen LogP contribution in [-0.2, 0) is 0 Å². The summed E-state index contributed by atoms with van der Waals surface area (Å²) < 4.78 is 0. The molecule has 5 heteroatoms. The van der Waals surface area contributed by atoms with Crippen LogP contribution in [0.15, 0.2) is 17.5 Å². The minimum atomic E-state index is -0.153. The highest BCUT2D eigenvalue weighted by molar-refractivity contribution is 7.19. The van der Waals surface area contributed by atoms with E-state index < -0.39 is 0 Å². The third kappa shape index (κ3) is 1.36. The molecule has 1 aliphatic carbocycles. The highest BCUT2D eigenvalue weighted by atomic mass is 32.1. The number of Topliss-reactive ketones (excluding diaryl/α,β-unsaturated/α-hetero) is 1. The first-order chi connectivity index (χ1) is 8.09. The lowest BCUT2D eigenvalue weighted by atomic mass is 9.95. The van der Waals surface area contributed by atoms with Crippen LogP contribution in [-0.4, -0.2) is 17.3 Å². The lowest BCUT2D eigenvalue weighted by Gasteiger charge is -2.08. The Morgan fingerprint density at radius 1 is 1.12 bits per heavy atom. The van der Waals surface area contributed by atoms with Crippen molar-refractivity contribution >= 4 is 40.0 Å². The lowest BCUT2D eigenvalue weighted by Crippen LogP contribution is -2.15. The van der Waals surface area contributed by atoms with Crippen LogP contribution in [0.1, 0.15) is 47.1 Å². The van der Waals surface area contributed by atoms with E-state index >= 15 is 0 Å². The van der Waals surface area contributed by atoms with Gasteiger partial charge in [-0.25, -0.2) is 0 Å². The summed E-state index contributed by atoms with van der Waals surface area (Å²) in [7, 11) is 0. The van der Waals surface area contributed by atoms with Gasteiger partial charge in [0.2, 0.25) is 5.78 Å². The molecular weight excluding hydrogens is 256 g/mol.